The number of H-pyrrole nitrogens is 1. The molecule has 0 saturated carbocycles. The van der Waals surface area contributed by atoms with Crippen LogP contribution in [-0.2, 0) is 0 Å². The SMILES string of the molecule is Cc1ccc(-c2ncc(O)[nH]2)cc1F. The van der Waals surface area contributed by atoms with Crippen molar-refractivity contribution in [2.45, 2.75) is 6.92 Å². The van der Waals surface area contributed by atoms with E-state index in [1.807, 2.05) is 0 Å². The summed E-state index contributed by atoms with van der Waals surface area (Å²) in [6.07, 6.45) is 1.28. The molecule has 2 aromatic rings. The standard InChI is InChI=1S/C10H9FN2O/c1-6-2-3-7(4-8(6)11)10-12-5-9(14)13-10/h2-5,14H,1H3,(H,12,13). The number of aromatic nitrogens is 2. The fourth-order valence-corrected chi connectivity index (χ4v) is 1.20. The molecule has 0 radical (unpaired) electrons. The molecule has 0 fully saturated rings. The molecule has 0 amide bonds. The van der Waals surface area contributed by atoms with Crippen LogP contribution in [-0.4, -0.2) is 15.1 Å². The maximum atomic E-state index is 13.2. The van der Waals surface area contributed by atoms with Gasteiger partial charge in [0.15, 0.2) is 0 Å². The molecule has 0 spiro atoms. The highest BCUT2D eigenvalue weighted by Crippen LogP contribution is 2.20. The number of nitrogens with zero attached hydrogens (tertiary/aromatic N) is 1. The van der Waals surface area contributed by atoms with Gasteiger partial charge in [-0.2, -0.15) is 0 Å². The summed E-state index contributed by atoms with van der Waals surface area (Å²) in [5, 5.41) is 9.03. The zero-order valence-electron chi connectivity index (χ0n) is 7.58. The summed E-state index contributed by atoms with van der Waals surface area (Å²) >= 11 is 0. The van der Waals surface area contributed by atoms with E-state index in [0.29, 0.717) is 17.0 Å². The van der Waals surface area contributed by atoms with Crippen LogP contribution in [0, 0.1) is 12.7 Å². The van der Waals surface area contributed by atoms with Gasteiger partial charge < -0.3 is 10.1 Å². The molecule has 1 aromatic heterocycles. The van der Waals surface area contributed by atoms with Crippen molar-refractivity contribution in [2.75, 3.05) is 0 Å². The number of hydrogen-bond acceptors (Lipinski definition) is 2. The Morgan fingerprint density at radius 2 is 2.21 bits per heavy atom. The average Bonchev–Trinajstić information content (AvgIpc) is 2.57. The van der Waals surface area contributed by atoms with Crippen molar-refractivity contribution in [1.29, 1.82) is 0 Å². The van der Waals surface area contributed by atoms with E-state index in [1.165, 1.54) is 12.3 Å². The molecule has 0 unspecified atom stereocenters. The highest BCUT2D eigenvalue weighted by Gasteiger charge is 2.04. The molecule has 1 heterocycles. The van der Waals surface area contributed by atoms with Crippen LogP contribution in [0.25, 0.3) is 11.4 Å². The second-order valence-electron chi connectivity index (χ2n) is 3.08. The summed E-state index contributed by atoms with van der Waals surface area (Å²) in [6.45, 7) is 1.69. The quantitative estimate of drug-likeness (QED) is 0.727. The van der Waals surface area contributed by atoms with Crippen LogP contribution < -0.4 is 0 Å². The number of benzene rings is 1. The minimum atomic E-state index is -0.279. The minimum Gasteiger partial charge on any atom is -0.493 e. The maximum Gasteiger partial charge on any atom is 0.208 e. The van der Waals surface area contributed by atoms with Crippen LogP contribution in [0.2, 0.25) is 0 Å². The van der Waals surface area contributed by atoms with Gasteiger partial charge in [-0.05, 0) is 18.6 Å². The maximum absolute atomic E-state index is 13.2. The van der Waals surface area contributed by atoms with Crippen LogP contribution in [0.3, 0.4) is 0 Å². The number of aromatic hydroxyl groups is 1. The lowest BCUT2D eigenvalue weighted by atomic mass is 10.1. The number of imidazole rings is 1. The van der Waals surface area contributed by atoms with Crippen molar-refractivity contribution in [3.63, 3.8) is 0 Å². The highest BCUT2D eigenvalue weighted by molar-refractivity contribution is 5.56. The predicted molar refractivity (Wildman–Crippen MR) is 50.4 cm³/mol. The third kappa shape index (κ3) is 1.46. The summed E-state index contributed by atoms with van der Waals surface area (Å²) < 4.78 is 13.2. The third-order valence-corrected chi connectivity index (χ3v) is 2.01. The molecule has 0 atom stereocenters. The number of nitrogens with one attached hydrogen (secondary N) is 1. The highest BCUT2D eigenvalue weighted by atomic mass is 19.1. The van der Waals surface area contributed by atoms with Crippen LogP contribution in [0.5, 0.6) is 5.88 Å². The number of rotatable bonds is 1. The number of aromatic amines is 1. The minimum absolute atomic E-state index is 0.0269. The van der Waals surface area contributed by atoms with Gasteiger partial charge in [0, 0.05) is 5.56 Å². The van der Waals surface area contributed by atoms with Gasteiger partial charge in [0.2, 0.25) is 5.88 Å². The molecule has 4 heteroatoms. The largest absolute Gasteiger partial charge is 0.493 e. The van der Waals surface area contributed by atoms with E-state index in [1.54, 1.807) is 19.1 Å². The molecule has 0 aliphatic carbocycles. The van der Waals surface area contributed by atoms with Crippen LogP contribution in [0.1, 0.15) is 5.56 Å². The van der Waals surface area contributed by atoms with Gasteiger partial charge in [0.05, 0.1) is 6.20 Å². The van der Waals surface area contributed by atoms with E-state index in [4.69, 9.17) is 5.11 Å². The summed E-state index contributed by atoms with van der Waals surface area (Å²) in [7, 11) is 0. The Balaban J connectivity index is 2.47. The molecule has 1 aromatic carbocycles. The zero-order chi connectivity index (χ0) is 10.1. The van der Waals surface area contributed by atoms with Gasteiger partial charge in [-0.1, -0.05) is 12.1 Å². The lowest BCUT2D eigenvalue weighted by Crippen LogP contribution is -1.85. The summed E-state index contributed by atoms with van der Waals surface area (Å²) in [5.41, 5.74) is 1.21. The molecule has 72 valence electrons. The van der Waals surface area contributed by atoms with Crippen molar-refractivity contribution >= 4 is 0 Å². The number of halogens is 1. The summed E-state index contributed by atoms with van der Waals surface area (Å²) in [5.74, 6) is 0.153. The topological polar surface area (TPSA) is 48.9 Å². The number of hydrogen-bond donors (Lipinski definition) is 2. The van der Waals surface area contributed by atoms with Crippen molar-refractivity contribution in [1.82, 2.24) is 9.97 Å². The van der Waals surface area contributed by atoms with E-state index >= 15 is 0 Å². The molecule has 0 saturated heterocycles. The van der Waals surface area contributed by atoms with Gasteiger partial charge in [-0.25, -0.2) is 9.37 Å². The normalized spacial score (nSPS) is 10.4. The van der Waals surface area contributed by atoms with Crippen molar-refractivity contribution in [3.8, 4) is 17.3 Å². The molecule has 0 aliphatic heterocycles. The molecule has 0 bridgehead atoms. The smallest absolute Gasteiger partial charge is 0.208 e. The van der Waals surface area contributed by atoms with Crippen LogP contribution in [0.4, 0.5) is 4.39 Å². The first kappa shape index (κ1) is 8.74. The predicted octanol–water partition coefficient (Wildman–Crippen LogP) is 2.23. The molecule has 3 nitrogen and oxygen atoms in total. The first-order valence-corrected chi connectivity index (χ1v) is 4.17. The fourth-order valence-electron chi connectivity index (χ4n) is 1.20. The first-order valence-electron chi connectivity index (χ1n) is 4.17. The monoisotopic (exact) mass is 192 g/mol. The third-order valence-electron chi connectivity index (χ3n) is 2.01. The molecular weight excluding hydrogens is 183 g/mol. The number of aryl methyl sites for hydroxylation is 1. The Labute approximate surface area is 80.2 Å². The Bertz CT molecular complexity index is 465. The Kier molecular flexibility index (Phi) is 1.96. The Morgan fingerprint density at radius 1 is 1.43 bits per heavy atom. The Hall–Kier alpha value is -1.84. The van der Waals surface area contributed by atoms with Gasteiger partial charge in [0.1, 0.15) is 11.6 Å². The first-order chi connectivity index (χ1) is 6.66. The zero-order valence-corrected chi connectivity index (χ0v) is 7.58. The second-order valence-corrected chi connectivity index (χ2v) is 3.08. The molecule has 2 rings (SSSR count). The van der Waals surface area contributed by atoms with E-state index < -0.39 is 0 Å². The van der Waals surface area contributed by atoms with Crippen molar-refractivity contribution in [2.24, 2.45) is 0 Å². The van der Waals surface area contributed by atoms with Gasteiger partial charge >= 0.3 is 0 Å². The lowest BCUT2D eigenvalue weighted by Gasteiger charge is -1.99. The van der Waals surface area contributed by atoms with E-state index in [9.17, 15) is 4.39 Å². The summed E-state index contributed by atoms with van der Waals surface area (Å²) in [6, 6.07) is 4.80. The Morgan fingerprint density at radius 3 is 2.79 bits per heavy atom. The van der Waals surface area contributed by atoms with Gasteiger partial charge in [0.25, 0.3) is 0 Å². The molecule has 14 heavy (non-hydrogen) atoms. The molecule has 2 N–H and O–H groups in total. The van der Waals surface area contributed by atoms with E-state index in [2.05, 4.69) is 9.97 Å². The van der Waals surface area contributed by atoms with Crippen molar-refractivity contribution in [3.05, 3.63) is 35.8 Å². The van der Waals surface area contributed by atoms with Gasteiger partial charge in [-0.3, -0.25) is 0 Å². The van der Waals surface area contributed by atoms with Gasteiger partial charge in [-0.15, -0.1) is 0 Å². The van der Waals surface area contributed by atoms with Crippen LogP contribution >= 0.6 is 0 Å². The van der Waals surface area contributed by atoms with Crippen LogP contribution in [0.15, 0.2) is 24.4 Å². The lowest BCUT2D eigenvalue weighted by molar-refractivity contribution is 0.457. The average molecular weight is 192 g/mol. The molecular formula is C10H9FN2O. The van der Waals surface area contributed by atoms with Crippen molar-refractivity contribution < 1.29 is 9.50 Å². The second kappa shape index (κ2) is 3.14. The fraction of sp³-hybridized carbons (Fsp3) is 0.100. The van der Waals surface area contributed by atoms with E-state index in [0.717, 1.165) is 0 Å². The van der Waals surface area contributed by atoms with E-state index in [-0.39, 0.29) is 11.7 Å². The summed E-state index contributed by atoms with van der Waals surface area (Å²) in [4.78, 5) is 6.50. The molecule has 0 aliphatic rings.